The zero-order valence-electron chi connectivity index (χ0n) is 12.7. The number of nitro benzene ring substituents is 1. The molecule has 0 aliphatic heterocycles. The average molecular weight is 404 g/mol. The molecule has 7 nitrogen and oxygen atoms in total. The van der Waals surface area contributed by atoms with Gasteiger partial charge in [0.15, 0.2) is 9.84 Å². The number of halogens is 2. The summed E-state index contributed by atoms with van der Waals surface area (Å²) in [4.78, 5) is 21.8. The molecule has 0 fully saturated rings. The molecule has 2 aromatic carbocycles. The van der Waals surface area contributed by atoms with E-state index >= 15 is 0 Å². The molecule has 0 amide bonds. The van der Waals surface area contributed by atoms with Gasteiger partial charge in [0.05, 0.1) is 10.5 Å². The minimum Gasteiger partial charge on any atom is -0.457 e. The second-order valence-corrected chi connectivity index (χ2v) is 7.79. The maximum absolute atomic E-state index is 12.1. The summed E-state index contributed by atoms with van der Waals surface area (Å²) in [5, 5.41) is 11.7. The SMILES string of the molecule is CS(=O)(=O)c1ccc(C(=O)OCc2c(Cl)cccc2Cl)cc1[N+](=O)[O-]. The van der Waals surface area contributed by atoms with Crippen molar-refractivity contribution in [2.75, 3.05) is 6.26 Å². The molecule has 0 aliphatic carbocycles. The van der Waals surface area contributed by atoms with Crippen LogP contribution < -0.4 is 0 Å². The Morgan fingerprint density at radius 3 is 2.32 bits per heavy atom. The molecule has 25 heavy (non-hydrogen) atoms. The number of nitrogens with zero attached hydrogens (tertiary/aromatic N) is 1. The first kappa shape index (κ1) is 19.2. The van der Waals surface area contributed by atoms with E-state index in [0.717, 1.165) is 24.5 Å². The zero-order valence-corrected chi connectivity index (χ0v) is 15.1. The van der Waals surface area contributed by atoms with Crippen LogP contribution >= 0.6 is 23.2 Å². The van der Waals surface area contributed by atoms with Crippen LogP contribution in [0.2, 0.25) is 10.0 Å². The van der Waals surface area contributed by atoms with Crippen LogP contribution in [0, 0.1) is 10.1 Å². The fraction of sp³-hybridized carbons (Fsp3) is 0.133. The van der Waals surface area contributed by atoms with Crippen molar-refractivity contribution in [1.29, 1.82) is 0 Å². The summed E-state index contributed by atoms with van der Waals surface area (Å²) in [5.74, 6) is -0.876. The highest BCUT2D eigenvalue weighted by Gasteiger charge is 2.24. The Kier molecular flexibility index (Phi) is 5.66. The summed E-state index contributed by atoms with van der Waals surface area (Å²) in [6.45, 7) is -0.237. The third-order valence-electron chi connectivity index (χ3n) is 3.20. The van der Waals surface area contributed by atoms with E-state index in [1.165, 1.54) is 0 Å². The number of carbonyl (C=O) groups is 1. The van der Waals surface area contributed by atoms with Crippen LogP contribution in [0.1, 0.15) is 15.9 Å². The monoisotopic (exact) mass is 403 g/mol. The van der Waals surface area contributed by atoms with E-state index < -0.39 is 31.3 Å². The first-order chi connectivity index (χ1) is 11.6. The van der Waals surface area contributed by atoms with Gasteiger partial charge < -0.3 is 4.74 Å². The minimum absolute atomic E-state index is 0.165. The summed E-state index contributed by atoms with van der Waals surface area (Å²) in [5.41, 5.74) is -0.476. The van der Waals surface area contributed by atoms with Crippen LogP contribution in [0.3, 0.4) is 0 Å². The molecule has 0 unspecified atom stereocenters. The quantitative estimate of drug-likeness (QED) is 0.428. The molecular weight excluding hydrogens is 393 g/mol. The Balaban J connectivity index is 2.28. The summed E-state index contributed by atoms with van der Waals surface area (Å²) < 4.78 is 28.2. The molecule has 2 aromatic rings. The summed E-state index contributed by atoms with van der Waals surface area (Å²) in [7, 11) is -3.82. The largest absolute Gasteiger partial charge is 0.457 e. The summed E-state index contributed by atoms with van der Waals surface area (Å²) in [6.07, 6.45) is 0.840. The van der Waals surface area contributed by atoms with Crippen molar-refractivity contribution < 1.29 is 22.9 Å². The van der Waals surface area contributed by atoms with Crippen LogP contribution in [0.5, 0.6) is 0 Å². The fourth-order valence-electron chi connectivity index (χ4n) is 1.99. The number of rotatable bonds is 5. The fourth-order valence-corrected chi connectivity index (χ4v) is 3.33. The predicted octanol–water partition coefficient (Wildman–Crippen LogP) is 3.66. The average Bonchev–Trinajstić information content (AvgIpc) is 2.52. The van der Waals surface area contributed by atoms with Crippen molar-refractivity contribution >= 4 is 44.7 Å². The lowest BCUT2D eigenvalue weighted by Gasteiger charge is -2.09. The van der Waals surface area contributed by atoms with Gasteiger partial charge in [0, 0.05) is 27.9 Å². The Labute approximate surface area is 153 Å². The van der Waals surface area contributed by atoms with Gasteiger partial charge in [0.25, 0.3) is 5.69 Å². The van der Waals surface area contributed by atoms with Crippen LogP contribution in [0.15, 0.2) is 41.3 Å². The number of benzene rings is 2. The standard InChI is InChI=1S/C15H11Cl2NO6S/c1-25(22,23)14-6-5-9(7-13(14)18(20)21)15(19)24-8-10-11(16)3-2-4-12(10)17/h2-7H,8H2,1H3. The van der Waals surface area contributed by atoms with E-state index in [1.54, 1.807) is 18.2 Å². The van der Waals surface area contributed by atoms with Gasteiger partial charge in [0.1, 0.15) is 11.5 Å². The molecule has 10 heteroatoms. The number of hydrogen-bond donors (Lipinski definition) is 0. The molecule has 0 aliphatic rings. The van der Waals surface area contributed by atoms with E-state index in [4.69, 9.17) is 27.9 Å². The molecule has 132 valence electrons. The zero-order chi connectivity index (χ0) is 18.8. The highest BCUT2D eigenvalue weighted by atomic mass is 35.5. The highest BCUT2D eigenvalue weighted by molar-refractivity contribution is 7.90. The number of sulfone groups is 1. The number of ether oxygens (including phenoxy) is 1. The molecule has 0 N–H and O–H groups in total. The van der Waals surface area contributed by atoms with Gasteiger partial charge >= 0.3 is 5.97 Å². The summed E-state index contributed by atoms with van der Waals surface area (Å²) in [6, 6.07) is 7.76. The minimum atomic E-state index is -3.82. The number of carbonyl (C=O) groups excluding carboxylic acids is 1. The van der Waals surface area contributed by atoms with Gasteiger partial charge in [-0.25, -0.2) is 13.2 Å². The topological polar surface area (TPSA) is 104 Å². The molecule has 0 aromatic heterocycles. The van der Waals surface area contributed by atoms with Gasteiger partial charge in [-0.2, -0.15) is 0 Å². The Hall–Kier alpha value is -2.16. The molecule has 0 radical (unpaired) electrons. The first-order valence-corrected chi connectivity index (χ1v) is 9.34. The second kappa shape index (κ2) is 7.38. The van der Waals surface area contributed by atoms with Gasteiger partial charge in [-0.05, 0) is 24.3 Å². The van der Waals surface area contributed by atoms with Crippen molar-refractivity contribution in [2.45, 2.75) is 11.5 Å². The smallest absolute Gasteiger partial charge is 0.338 e. The molecule has 0 bridgehead atoms. The lowest BCUT2D eigenvalue weighted by Crippen LogP contribution is -2.09. The summed E-state index contributed by atoms with van der Waals surface area (Å²) >= 11 is 11.9. The first-order valence-electron chi connectivity index (χ1n) is 6.69. The van der Waals surface area contributed by atoms with Crippen molar-refractivity contribution in [3.05, 3.63) is 67.7 Å². The molecule has 0 atom stereocenters. The Morgan fingerprint density at radius 1 is 1.20 bits per heavy atom. The van der Waals surface area contributed by atoms with E-state index in [2.05, 4.69) is 0 Å². The number of esters is 1. The third-order valence-corrected chi connectivity index (χ3v) is 5.05. The van der Waals surface area contributed by atoms with E-state index in [-0.39, 0.29) is 12.2 Å². The van der Waals surface area contributed by atoms with E-state index in [1.807, 2.05) is 0 Å². The third kappa shape index (κ3) is 4.47. The van der Waals surface area contributed by atoms with Crippen molar-refractivity contribution in [2.24, 2.45) is 0 Å². The van der Waals surface area contributed by atoms with Gasteiger partial charge in [0.2, 0.25) is 0 Å². The van der Waals surface area contributed by atoms with E-state index in [0.29, 0.717) is 15.6 Å². The van der Waals surface area contributed by atoms with Crippen LogP contribution in [-0.2, 0) is 21.2 Å². The van der Waals surface area contributed by atoms with E-state index in [9.17, 15) is 23.3 Å². The molecular formula is C15H11Cl2NO6S. The number of hydrogen-bond acceptors (Lipinski definition) is 6. The predicted molar refractivity (Wildman–Crippen MR) is 91.8 cm³/mol. The molecule has 0 heterocycles. The van der Waals surface area contributed by atoms with Crippen molar-refractivity contribution in [1.82, 2.24) is 0 Å². The van der Waals surface area contributed by atoms with Gasteiger partial charge in [-0.1, -0.05) is 29.3 Å². The van der Waals surface area contributed by atoms with Crippen LogP contribution in [0.25, 0.3) is 0 Å². The lowest BCUT2D eigenvalue weighted by molar-refractivity contribution is -0.387. The number of nitro groups is 1. The van der Waals surface area contributed by atoms with Crippen LogP contribution in [-0.4, -0.2) is 25.6 Å². The van der Waals surface area contributed by atoms with Crippen LogP contribution in [0.4, 0.5) is 5.69 Å². The van der Waals surface area contributed by atoms with Gasteiger partial charge in [-0.3, -0.25) is 10.1 Å². The van der Waals surface area contributed by atoms with Crippen molar-refractivity contribution in [3.63, 3.8) is 0 Å². The maximum Gasteiger partial charge on any atom is 0.338 e. The lowest BCUT2D eigenvalue weighted by atomic mass is 10.2. The molecule has 2 rings (SSSR count). The maximum atomic E-state index is 12.1. The Morgan fingerprint density at radius 2 is 1.80 bits per heavy atom. The molecule has 0 spiro atoms. The normalized spacial score (nSPS) is 11.2. The second-order valence-electron chi connectivity index (χ2n) is 4.99. The Bertz CT molecular complexity index is 938. The van der Waals surface area contributed by atoms with Crippen molar-refractivity contribution in [3.8, 4) is 0 Å². The van der Waals surface area contributed by atoms with Gasteiger partial charge in [-0.15, -0.1) is 0 Å². The molecule has 0 saturated carbocycles. The molecule has 0 saturated heterocycles. The highest BCUT2D eigenvalue weighted by Crippen LogP contribution is 2.27.